The van der Waals surface area contributed by atoms with Crippen LogP contribution in [0.1, 0.15) is 41.6 Å². The molecule has 0 atom stereocenters. The first-order valence-corrected chi connectivity index (χ1v) is 9.26. The Bertz CT molecular complexity index is 867. The standard InChI is InChI=1S/C21H24N2O5/c1-27-17-11-15-16(19(20(17)28-2)14-7-6-9-22-12-14)13-23(21(15)26)10-5-3-4-8-18(24)25/h6-7,9,11-12H,3-5,8,10,13H2,1-2H3,(H,24,25). The van der Waals surface area contributed by atoms with E-state index in [4.69, 9.17) is 14.6 Å². The van der Waals surface area contributed by atoms with E-state index in [1.165, 1.54) is 0 Å². The number of methoxy groups -OCH3 is 2. The predicted molar refractivity (Wildman–Crippen MR) is 104 cm³/mol. The van der Waals surface area contributed by atoms with Gasteiger partial charge in [-0.3, -0.25) is 14.6 Å². The predicted octanol–water partition coefficient (Wildman–Crippen LogP) is 3.37. The number of nitrogens with zero attached hydrogens (tertiary/aromatic N) is 2. The van der Waals surface area contributed by atoms with Crippen LogP contribution in [0, 0.1) is 0 Å². The summed E-state index contributed by atoms with van der Waals surface area (Å²) in [5, 5.41) is 8.73. The fraction of sp³-hybridized carbons (Fsp3) is 0.381. The van der Waals surface area contributed by atoms with Crippen LogP contribution in [0.2, 0.25) is 0 Å². The normalized spacial score (nSPS) is 12.8. The summed E-state index contributed by atoms with van der Waals surface area (Å²) in [5.74, 6) is 0.270. The number of benzene rings is 1. The summed E-state index contributed by atoms with van der Waals surface area (Å²) >= 11 is 0. The summed E-state index contributed by atoms with van der Waals surface area (Å²) in [6.07, 6.45) is 5.76. The maximum Gasteiger partial charge on any atom is 0.303 e. The van der Waals surface area contributed by atoms with E-state index in [-0.39, 0.29) is 12.3 Å². The molecule has 28 heavy (non-hydrogen) atoms. The molecule has 7 heteroatoms. The van der Waals surface area contributed by atoms with Crippen LogP contribution in [-0.4, -0.2) is 47.6 Å². The number of fused-ring (bicyclic) bond motifs is 1. The number of unbranched alkanes of at least 4 members (excludes halogenated alkanes) is 2. The molecule has 3 rings (SSSR count). The summed E-state index contributed by atoms with van der Waals surface area (Å²) < 4.78 is 11.1. The number of hydrogen-bond donors (Lipinski definition) is 1. The highest BCUT2D eigenvalue weighted by molar-refractivity contribution is 6.02. The van der Waals surface area contributed by atoms with Crippen molar-refractivity contribution in [3.05, 3.63) is 41.7 Å². The number of rotatable bonds is 9. The van der Waals surface area contributed by atoms with Crippen molar-refractivity contribution in [2.24, 2.45) is 0 Å². The van der Waals surface area contributed by atoms with Crippen molar-refractivity contribution in [2.75, 3.05) is 20.8 Å². The summed E-state index contributed by atoms with van der Waals surface area (Å²) in [7, 11) is 3.14. The molecule has 0 saturated carbocycles. The Kier molecular flexibility index (Phi) is 6.13. The lowest BCUT2D eigenvalue weighted by Crippen LogP contribution is -2.25. The summed E-state index contributed by atoms with van der Waals surface area (Å²) in [5.41, 5.74) is 3.21. The van der Waals surface area contributed by atoms with Crippen molar-refractivity contribution >= 4 is 11.9 Å². The van der Waals surface area contributed by atoms with Gasteiger partial charge in [0.2, 0.25) is 0 Å². The van der Waals surface area contributed by atoms with Crippen molar-refractivity contribution < 1.29 is 24.2 Å². The third kappa shape index (κ3) is 3.93. The Hall–Kier alpha value is -3.09. The molecule has 7 nitrogen and oxygen atoms in total. The van der Waals surface area contributed by atoms with Gasteiger partial charge in [0.1, 0.15) is 0 Å². The third-order valence-electron chi connectivity index (χ3n) is 4.91. The molecule has 148 valence electrons. The van der Waals surface area contributed by atoms with Gasteiger partial charge in [0, 0.05) is 48.6 Å². The van der Waals surface area contributed by atoms with Crippen molar-refractivity contribution in [1.29, 1.82) is 0 Å². The van der Waals surface area contributed by atoms with E-state index in [9.17, 15) is 9.59 Å². The highest BCUT2D eigenvalue weighted by Gasteiger charge is 2.33. The second kappa shape index (κ2) is 8.73. The van der Waals surface area contributed by atoms with Gasteiger partial charge in [0.05, 0.1) is 14.2 Å². The average molecular weight is 384 g/mol. The first-order chi connectivity index (χ1) is 13.6. The molecule has 0 radical (unpaired) electrons. The van der Waals surface area contributed by atoms with Gasteiger partial charge in [-0.25, -0.2) is 0 Å². The highest BCUT2D eigenvalue weighted by Crippen LogP contribution is 2.45. The number of amides is 1. The lowest BCUT2D eigenvalue weighted by Gasteiger charge is -2.17. The van der Waals surface area contributed by atoms with Gasteiger partial charge in [-0.05, 0) is 30.5 Å². The van der Waals surface area contributed by atoms with Crippen molar-refractivity contribution in [1.82, 2.24) is 9.88 Å². The molecule has 2 heterocycles. The Morgan fingerprint density at radius 3 is 2.71 bits per heavy atom. The molecule has 0 saturated heterocycles. The number of aliphatic carboxylic acids is 1. The molecule has 1 aromatic carbocycles. The number of hydrogen-bond acceptors (Lipinski definition) is 5. The van der Waals surface area contributed by atoms with E-state index in [1.54, 1.807) is 37.6 Å². The number of carbonyl (C=O) groups is 2. The fourth-order valence-corrected chi connectivity index (χ4v) is 3.57. The van der Waals surface area contributed by atoms with Crippen LogP contribution < -0.4 is 9.47 Å². The molecule has 0 bridgehead atoms. The minimum Gasteiger partial charge on any atom is -0.493 e. The summed E-state index contributed by atoms with van der Waals surface area (Å²) in [4.78, 5) is 29.6. The van der Waals surface area contributed by atoms with Crippen molar-refractivity contribution in [2.45, 2.75) is 32.2 Å². The molecule has 0 spiro atoms. The van der Waals surface area contributed by atoms with Crippen molar-refractivity contribution in [3.63, 3.8) is 0 Å². The van der Waals surface area contributed by atoms with E-state index in [2.05, 4.69) is 4.98 Å². The molecule has 0 fully saturated rings. The Labute approximate surface area is 163 Å². The molecule has 1 amide bonds. The molecule has 1 aliphatic rings. The van der Waals surface area contributed by atoms with Gasteiger partial charge in [-0.2, -0.15) is 0 Å². The van der Waals surface area contributed by atoms with Gasteiger partial charge in [0.25, 0.3) is 5.91 Å². The second-order valence-corrected chi connectivity index (χ2v) is 6.69. The van der Waals surface area contributed by atoms with E-state index in [0.717, 1.165) is 29.5 Å². The maximum absolute atomic E-state index is 12.9. The van der Waals surface area contributed by atoms with Crippen LogP contribution in [-0.2, 0) is 11.3 Å². The first kappa shape index (κ1) is 19.7. The van der Waals surface area contributed by atoms with Crippen LogP contribution >= 0.6 is 0 Å². The van der Waals surface area contributed by atoms with Crippen molar-refractivity contribution in [3.8, 4) is 22.6 Å². The molecule has 1 N–H and O–H groups in total. The molecule has 1 aliphatic heterocycles. The average Bonchev–Trinajstić information content (AvgIpc) is 3.02. The van der Waals surface area contributed by atoms with Crippen LogP contribution in [0.3, 0.4) is 0 Å². The Morgan fingerprint density at radius 2 is 2.07 bits per heavy atom. The lowest BCUT2D eigenvalue weighted by molar-refractivity contribution is -0.137. The summed E-state index contributed by atoms with van der Waals surface area (Å²) in [6.45, 7) is 1.07. The third-order valence-corrected chi connectivity index (χ3v) is 4.91. The van der Waals surface area contributed by atoms with E-state index < -0.39 is 5.97 Å². The number of carboxylic acids is 1. The fourth-order valence-electron chi connectivity index (χ4n) is 3.57. The number of carbonyl (C=O) groups excluding carboxylic acids is 1. The SMILES string of the molecule is COc1cc2c(c(-c3cccnc3)c1OC)CN(CCCCCC(=O)O)C2=O. The van der Waals surface area contributed by atoms with Gasteiger partial charge in [-0.15, -0.1) is 0 Å². The molecular formula is C21H24N2O5. The van der Waals surface area contributed by atoms with E-state index in [1.807, 2.05) is 12.1 Å². The van der Waals surface area contributed by atoms with Gasteiger partial charge >= 0.3 is 5.97 Å². The Morgan fingerprint density at radius 1 is 1.25 bits per heavy atom. The number of ether oxygens (including phenoxy) is 2. The zero-order chi connectivity index (χ0) is 20.1. The van der Waals surface area contributed by atoms with Gasteiger partial charge in [-0.1, -0.05) is 12.5 Å². The second-order valence-electron chi connectivity index (χ2n) is 6.69. The van der Waals surface area contributed by atoms with Crippen LogP contribution in [0.15, 0.2) is 30.6 Å². The number of carboxylic acid groups (broad SMARTS) is 1. The molecule has 1 aromatic heterocycles. The summed E-state index contributed by atoms with van der Waals surface area (Å²) in [6, 6.07) is 5.52. The van der Waals surface area contributed by atoms with Crippen LogP contribution in [0.5, 0.6) is 11.5 Å². The Balaban J connectivity index is 1.88. The minimum absolute atomic E-state index is 0.0423. The van der Waals surface area contributed by atoms with E-state index in [0.29, 0.717) is 36.6 Å². The van der Waals surface area contributed by atoms with Crippen LogP contribution in [0.25, 0.3) is 11.1 Å². The van der Waals surface area contributed by atoms with Gasteiger partial charge < -0.3 is 19.5 Å². The number of aromatic nitrogens is 1. The zero-order valence-corrected chi connectivity index (χ0v) is 16.1. The quantitative estimate of drug-likeness (QED) is 0.667. The number of pyridine rings is 1. The molecule has 2 aromatic rings. The van der Waals surface area contributed by atoms with Crippen LogP contribution in [0.4, 0.5) is 0 Å². The zero-order valence-electron chi connectivity index (χ0n) is 16.1. The lowest BCUT2D eigenvalue weighted by atomic mass is 9.96. The molecule has 0 unspecified atom stereocenters. The van der Waals surface area contributed by atoms with Gasteiger partial charge in [0.15, 0.2) is 11.5 Å². The van der Waals surface area contributed by atoms with E-state index >= 15 is 0 Å². The molecule has 0 aliphatic carbocycles. The first-order valence-electron chi connectivity index (χ1n) is 9.26. The minimum atomic E-state index is -0.787. The smallest absolute Gasteiger partial charge is 0.303 e. The monoisotopic (exact) mass is 384 g/mol. The largest absolute Gasteiger partial charge is 0.493 e. The topological polar surface area (TPSA) is 89.0 Å². The highest BCUT2D eigenvalue weighted by atomic mass is 16.5. The molecular weight excluding hydrogens is 360 g/mol. The maximum atomic E-state index is 12.9.